The Morgan fingerprint density at radius 2 is 2.09 bits per heavy atom. The van der Waals surface area contributed by atoms with Crippen LogP contribution in [0.4, 0.5) is 4.79 Å². The number of carbonyl (C=O) groups is 1. The fraction of sp³-hybridized carbons (Fsp3) is 0.600. The number of amides is 2. The summed E-state index contributed by atoms with van der Waals surface area (Å²) in [6.07, 6.45) is 0. The van der Waals surface area contributed by atoms with Crippen molar-refractivity contribution in [3.8, 4) is 0 Å². The Hall–Kier alpha value is -1.04. The maximum absolute atomic E-state index is 10.7. The molecule has 0 radical (unpaired) electrons. The van der Waals surface area contributed by atoms with Crippen LogP contribution in [0.15, 0.2) is 0 Å². The maximum Gasteiger partial charge on any atom is 0.333 e. The molecule has 4 N–H and O–H groups in total. The van der Waals surface area contributed by atoms with Gasteiger partial charge in [0.15, 0.2) is 5.11 Å². The summed E-state index contributed by atoms with van der Waals surface area (Å²) < 4.78 is 0. The van der Waals surface area contributed by atoms with E-state index in [4.69, 9.17) is 12.2 Å². The van der Waals surface area contributed by atoms with Gasteiger partial charge < -0.3 is 10.6 Å². The maximum atomic E-state index is 10.7. The number of urea groups is 1. The topological polar surface area (TPSA) is 65.2 Å². The van der Waals surface area contributed by atoms with E-state index in [0.717, 1.165) is 0 Å². The largest absolute Gasteiger partial charge is 0.364 e. The lowest BCUT2D eigenvalue weighted by molar-refractivity contribution is 0.239. The lowest BCUT2D eigenvalue weighted by atomic mass is 10.7. The summed E-state index contributed by atoms with van der Waals surface area (Å²) in [4.78, 5) is 10.7. The van der Waals surface area contributed by atoms with E-state index in [9.17, 15) is 4.79 Å². The second-order valence-corrected chi connectivity index (χ2v) is 2.10. The normalized spacial score (nSPS) is 8.18. The number of carbonyl (C=O) groups excluding carboxylic acids is 1. The van der Waals surface area contributed by atoms with Gasteiger partial charge in [0.2, 0.25) is 0 Å². The molecule has 0 aromatic carbocycles. The van der Waals surface area contributed by atoms with Gasteiger partial charge in [0.05, 0.1) is 0 Å². The van der Waals surface area contributed by atoms with Gasteiger partial charge in [-0.2, -0.15) is 0 Å². The summed E-state index contributed by atoms with van der Waals surface area (Å²) >= 11 is 4.69. The molecule has 0 aromatic heterocycles. The SMILES string of the molecule is CCNC(=O)NNC(=S)NC. The van der Waals surface area contributed by atoms with Gasteiger partial charge in [0.1, 0.15) is 0 Å². The molecular weight excluding hydrogens is 164 g/mol. The molecule has 0 bridgehead atoms. The van der Waals surface area contributed by atoms with Gasteiger partial charge in [-0.1, -0.05) is 0 Å². The van der Waals surface area contributed by atoms with Crippen molar-refractivity contribution in [2.45, 2.75) is 6.92 Å². The number of hydrogen-bond donors (Lipinski definition) is 4. The lowest BCUT2D eigenvalue weighted by Crippen LogP contribution is -2.49. The standard InChI is InChI=1S/C5H12N4OS/c1-3-7-4(10)8-9-5(11)6-2/h3H2,1-2H3,(H2,6,9,11)(H2,7,8,10). The molecule has 0 atom stereocenters. The van der Waals surface area contributed by atoms with Crippen molar-refractivity contribution in [3.63, 3.8) is 0 Å². The molecule has 5 nitrogen and oxygen atoms in total. The Bertz CT molecular complexity index is 149. The van der Waals surface area contributed by atoms with E-state index in [0.29, 0.717) is 11.7 Å². The predicted octanol–water partition coefficient (Wildman–Crippen LogP) is -0.686. The number of thiocarbonyl (C=S) groups is 1. The van der Waals surface area contributed by atoms with Crippen LogP contribution >= 0.6 is 12.2 Å². The van der Waals surface area contributed by atoms with Gasteiger partial charge >= 0.3 is 6.03 Å². The molecule has 0 rings (SSSR count). The van der Waals surface area contributed by atoms with E-state index < -0.39 is 0 Å². The van der Waals surface area contributed by atoms with E-state index in [1.165, 1.54) is 0 Å². The second-order valence-electron chi connectivity index (χ2n) is 1.69. The highest BCUT2D eigenvalue weighted by Crippen LogP contribution is 1.61. The third kappa shape index (κ3) is 5.41. The van der Waals surface area contributed by atoms with E-state index in [1.54, 1.807) is 7.05 Å². The number of hydrazine groups is 1. The minimum absolute atomic E-state index is 0.301. The highest BCUT2D eigenvalue weighted by atomic mass is 32.1. The van der Waals surface area contributed by atoms with E-state index in [-0.39, 0.29) is 6.03 Å². The molecule has 0 spiro atoms. The Morgan fingerprint density at radius 1 is 1.45 bits per heavy atom. The first-order valence-corrected chi connectivity index (χ1v) is 3.63. The van der Waals surface area contributed by atoms with Crippen LogP contribution in [0.3, 0.4) is 0 Å². The summed E-state index contributed by atoms with van der Waals surface area (Å²) in [6, 6.07) is -0.301. The summed E-state index contributed by atoms with van der Waals surface area (Å²) in [6.45, 7) is 2.41. The van der Waals surface area contributed by atoms with E-state index >= 15 is 0 Å². The third-order valence-electron chi connectivity index (χ3n) is 0.854. The molecule has 6 heteroatoms. The Morgan fingerprint density at radius 3 is 2.55 bits per heavy atom. The van der Waals surface area contributed by atoms with Crippen molar-refractivity contribution in [2.24, 2.45) is 0 Å². The Balaban J connectivity index is 3.38. The first kappa shape index (κ1) is 9.96. The molecule has 64 valence electrons. The van der Waals surface area contributed by atoms with Gasteiger partial charge in [-0.15, -0.1) is 0 Å². The molecule has 0 fully saturated rings. The van der Waals surface area contributed by atoms with Crippen LogP contribution in [0.5, 0.6) is 0 Å². The minimum atomic E-state index is -0.301. The van der Waals surface area contributed by atoms with E-state index in [1.807, 2.05) is 6.92 Å². The van der Waals surface area contributed by atoms with Crippen LogP contribution in [0, 0.1) is 0 Å². The zero-order chi connectivity index (χ0) is 8.69. The predicted molar refractivity (Wildman–Crippen MR) is 47.0 cm³/mol. The van der Waals surface area contributed by atoms with Crippen molar-refractivity contribution in [1.82, 2.24) is 21.5 Å². The van der Waals surface area contributed by atoms with Gasteiger partial charge in [0, 0.05) is 13.6 Å². The first-order valence-electron chi connectivity index (χ1n) is 3.22. The van der Waals surface area contributed by atoms with Crippen LogP contribution in [-0.2, 0) is 0 Å². The van der Waals surface area contributed by atoms with Crippen molar-refractivity contribution >= 4 is 23.4 Å². The van der Waals surface area contributed by atoms with Crippen molar-refractivity contribution in [3.05, 3.63) is 0 Å². The lowest BCUT2D eigenvalue weighted by Gasteiger charge is -2.08. The van der Waals surface area contributed by atoms with Crippen molar-refractivity contribution < 1.29 is 4.79 Å². The van der Waals surface area contributed by atoms with Crippen molar-refractivity contribution in [1.29, 1.82) is 0 Å². The monoisotopic (exact) mass is 176 g/mol. The summed E-state index contributed by atoms with van der Waals surface area (Å²) in [5.41, 5.74) is 4.81. The Kier molecular flexibility index (Phi) is 5.18. The second kappa shape index (κ2) is 5.72. The van der Waals surface area contributed by atoms with Gasteiger partial charge in [-0.3, -0.25) is 5.43 Å². The van der Waals surface area contributed by atoms with Crippen LogP contribution in [0.2, 0.25) is 0 Å². The molecular formula is C5H12N4OS. The average Bonchev–Trinajstić information content (AvgIpc) is 2.01. The highest BCUT2D eigenvalue weighted by Gasteiger charge is 1.95. The molecule has 0 aromatic rings. The zero-order valence-corrected chi connectivity index (χ0v) is 7.34. The molecule has 0 aliphatic rings. The van der Waals surface area contributed by atoms with Crippen LogP contribution in [0.25, 0.3) is 0 Å². The summed E-state index contributed by atoms with van der Waals surface area (Å²) in [7, 11) is 1.66. The Labute approximate surface area is 70.9 Å². The quantitative estimate of drug-likeness (QED) is 0.315. The highest BCUT2D eigenvalue weighted by molar-refractivity contribution is 7.80. The molecule has 2 amide bonds. The smallest absolute Gasteiger partial charge is 0.333 e. The fourth-order valence-corrected chi connectivity index (χ4v) is 0.432. The summed E-state index contributed by atoms with van der Waals surface area (Å²) in [5, 5.41) is 5.54. The minimum Gasteiger partial charge on any atom is -0.364 e. The number of rotatable bonds is 1. The van der Waals surface area contributed by atoms with Crippen molar-refractivity contribution in [2.75, 3.05) is 13.6 Å². The average molecular weight is 176 g/mol. The molecule has 0 heterocycles. The fourth-order valence-electron chi connectivity index (χ4n) is 0.381. The van der Waals surface area contributed by atoms with Crippen LogP contribution < -0.4 is 21.5 Å². The van der Waals surface area contributed by atoms with Gasteiger partial charge in [-0.05, 0) is 19.1 Å². The first-order chi connectivity index (χ1) is 5.20. The molecule has 0 aliphatic heterocycles. The molecule has 0 unspecified atom stereocenters. The summed E-state index contributed by atoms with van der Waals surface area (Å²) in [5.74, 6) is 0. The van der Waals surface area contributed by atoms with E-state index in [2.05, 4.69) is 21.5 Å². The molecule has 11 heavy (non-hydrogen) atoms. The number of hydrogen-bond acceptors (Lipinski definition) is 2. The third-order valence-corrected chi connectivity index (χ3v) is 1.16. The zero-order valence-electron chi connectivity index (χ0n) is 6.52. The van der Waals surface area contributed by atoms with Gasteiger partial charge in [0.25, 0.3) is 0 Å². The molecule has 0 aliphatic carbocycles. The molecule has 0 saturated carbocycles. The molecule has 0 saturated heterocycles. The van der Waals surface area contributed by atoms with Crippen LogP contribution in [0.1, 0.15) is 6.92 Å². The van der Waals surface area contributed by atoms with Crippen LogP contribution in [-0.4, -0.2) is 24.7 Å². The number of nitrogens with one attached hydrogen (secondary N) is 4. The van der Waals surface area contributed by atoms with Gasteiger partial charge in [-0.25, -0.2) is 10.2 Å².